The zero-order valence-electron chi connectivity index (χ0n) is 15.2. The van der Waals surface area contributed by atoms with Crippen LogP contribution in [0.2, 0.25) is 0 Å². The molecule has 0 aromatic heterocycles. The van der Waals surface area contributed by atoms with Gasteiger partial charge in [-0.1, -0.05) is 25.1 Å². The Morgan fingerprint density at radius 2 is 1.85 bits per heavy atom. The number of benzene rings is 2. The van der Waals surface area contributed by atoms with Crippen molar-refractivity contribution >= 4 is 35.0 Å². The van der Waals surface area contributed by atoms with Gasteiger partial charge in [-0.05, 0) is 43.7 Å². The Kier molecular flexibility index (Phi) is 7.53. The van der Waals surface area contributed by atoms with Gasteiger partial charge in [0.1, 0.15) is 5.75 Å². The molecule has 26 heavy (non-hydrogen) atoms. The van der Waals surface area contributed by atoms with Gasteiger partial charge >= 0.3 is 0 Å². The fraction of sp³-hybridized carbons (Fsp3) is 0.300. The van der Waals surface area contributed by atoms with Crippen molar-refractivity contribution < 1.29 is 14.3 Å². The standard InChI is InChI=1S/C20H24N2O3S/c1-4-19(26-16-10-8-9-15(13-16)21-14(3)23)20(24)22-17-11-6-7-12-18(17)25-5-2/h6-13,19H,4-5H2,1-3H3,(H,21,23)(H,22,24). The fourth-order valence-electron chi connectivity index (χ4n) is 2.40. The van der Waals surface area contributed by atoms with Gasteiger partial charge in [0, 0.05) is 17.5 Å². The van der Waals surface area contributed by atoms with Crippen LogP contribution >= 0.6 is 11.8 Å². The number of nitrogens with one attached hydrogen (secondary N) is 2. The van der Waals surface area contributed by atoms with E-state index in [2.05, 4.69) is 10.6 Å². The van der Waals surface area contributed by atoms with Gasteiger partial charge in [-0.15, -0.1) is 11.8 Å². The number of carbonyl (C=O) groups excluding carboxylic acids is 2. The van der Waals surface area contributed by atoms with Crippen molar-refractivity contribution in [2.24, 2.45) is 0 Å². The topological polar surface area (TPSA) is 67.4 Å². The lowest BCUT2D eigenvalue weighted by Gasteiger charge is -2.17. The highest BCUT2D eigenvalue weighted by atomic mass is 32.2. The number of thioether (sulfide) groups is 1. The molecule has 0 aliphatic rings. The van der Waals surface area contributed by atoms with Crippen LogP contribution in [0.25, 0.3) is 0 Å². The monoisotopic (exact) mass is 372 g/mol. The third-order valence-electron chi connectivity index (χ3n) is 3.54. The molecule has 2 N–H and O–H groups in total. The maximum atomic E-state index is 12.7. The number of anilines is 2. The van der Waals surface area contributed by atoms with Gasteiger partial charge in [-0.2, -0.15) is 0 Å². The van der Waals surface area contributed by atoms with Crippen LogP contribution in [-0.4, -0.2) is 23.7 Å². The lowest BCUT2D eigenvalue weighted by Crippen LogP contribution is -2.24. The molecule has 2 rings (SSSR count). The van der Waals surface area contributed by atoms with Gasteiger partial charge in [0.25, 0.3) is 0 Å². The fourth-order valence-corrected chi connectivity index (χ4v) is 3.41. The van der Waals surface area contributed by atoms with Crippen LogP contribution in [0.1, 0.15) is 27.2 Å². The molecule has 0 heterocycles. The van der Waals surface area contributed by atoms with Gasteiger partial charge in [-0.25, -0.2) is 0 Å². The molecular formula is C20H24N2O3S. The zero-order valence-corrected chi connectivity index (χ0v) is 16.1. The highest BCUT2D eigenvalue weighted by Gasteiger charge is 2.19. The highest BCUT2D eigenvalue weighted by molar-refractivity contribution is 8.00. The molecule has 2 aromatic carbocycles. The first-order valence-corrected chi connectivity index (χ1v) is 9.48. The average Bonchev–Trinajstić information content (AvgIpc) is 2.61. The summed E-state index contributed by atoms with van der Waals surface area (Å²) in [6.07, 6.45) is 0.678. The van der Waals surface area contributed by atoms with E-state index in [-0.39, 0.29) is 17.1 Å². The third-order valence-corrected chi connectivity index (χ3v) is 4.90. The van der Waals surface area contributed by atoms with E-state index >= 15 is 0 Å². The van der Waals surface area contributed by atoms with Gasteiger partial charge in [-0.3, -0.25) is 9.59 Å². The molecule has 0 fully saturated rings. The Bertz CT molecular complexity index is 764. The SMILES string of the molecule is CCOc1ccccc1NC(=O)C(CC)Sc1cccc(NC(C)=O)c1. The van der Waals surface area contributed by atoms with Gasteiger partial charge in [0.15, 0.2) is 0 Å². The molecule has 6 heteroatoms. The molecule has 0 saturated carbocycles. The lowest BCUT2D eigenvalue weighted by molar-refractivity contribution is -0.116. The number of ether oxygens (including phenoxy) is 1. The van der Waals surface area contributed by atoms with Crippen molar-refractivity contribution in [1.82, 2.24) is 0 Å². The van der Waals surface area contributed by atoms with Crippen LogP contribution in [0.3, 0.4) is 0 Å². The van der Waals surface area contributed by atoms with E-state index in [1.165, 1.54) is 18.7 Å². The molecule has 5 nitrogen and oxygen atoms in total. The summed E-state index contributed by atoms with van der Waals surface area (Å²) in [5.41, 5.74) is 1.39. The summed E-state index contributed by atoms with van der Waals surface area (Å²) >= 11 is 1.47. The summed E-state index contributed by atoms with van der Waals surface area (Å²) in [5.74, 6) is 0.468. The van der Waals surface area contributed by atoms with Crippen molar-refractivity contribution in [2.75, 3.05) is 17.2 Å². The van der Waals surface area contributed by atoms with Gasteiger partial charge in [0.05, 0.1) is 17.5 Å². The van der Waals surface area contributed by atoms with E-state index in [0.717, 1.165) is 10.6 Å². The van der Waals surface area contributed by atoms with E-state index in [0.29, 0.717) is 24.5 Å². The molecule has 1 unspecified atom stereocenters. The molecule has 0 radical (unpaired) electrons. The first-order valence-electron chi connectivity index (χ1n) is 8.60. The summed E-state index contributed by atoms with van der Waals surface area (Å²) in [6.45, 7) is 5.89. The molecule has 1 atom stereocenters. The lowest BCUT2D eigenvalue weighted by atomic mass is 10.2. The summed E-state index contributed by atoms with van der Waals surface area (Å²) < 4.78 is 5.56. The quantitative estimate of drug-likeness (QED) is 0.667. The minimum Gasteiger partial charge on any atom is -0.492 e. The van der Waals surface area contributed by atoms with E-state index in [1.807, 2.05) is 62.4 Å². The minimum absolute atomic E-state index is 0.0745. The molecule has 2 aromatic rings. The number of para-hydroxylation sites is 2. The minimum atomic E-state index is -0.253. The number of hydrogen-bond donors (Lipinski definition) is 2. The van der Waals surface area contributed by atoms with Gasteiger partial charge in [0.2, 0.25) is 11.8 Å². The van der Waals surface area contributed by atoms with Gasteiger partial charge < -0.3 is 15.4 Å². The highest BCUT2D eigenvalue weighted by Crippen LogP contribution is 2.30. The summed E-state index contributed by atoms with van der Waals surface area (Å²) in [7, 11) is 0. The molecule has 0 saturated heterocycles. The second-order valence-electron chi connectivity index (χ2n) is 5.64. The molecule has 138 valence electrons. The molecule has 2 amide bonds. The first kappa shape index (κ1) is 19.8. The predicted molar refractivity (Wildman–Crippen MR) is 107 cm³/mol. The number of hydrogen-bond acceptors (Lipinski definition) is 4. The Labute approximate surface area is 158 Å². The predicted octanol–water partition coefficient (Wildman–Crippen LogP) is 4.55. The largest absolute Gasteiger partial charge is 0.492 e. The molecule has 0 spiro atoms. The van der Waals surface area contributed by atoms with Crippen molar-refractivity contribution in [3.63, 3.8) is 0 Å². The Balaban J connectivity index is 2.08. The van der Waals surface area contributed by atoms with Crippen LogP contribution in [0.15, 0.2) is 53.4 Å². The van der Waals surface area contributed by atoms with Crippen LogP contribution < -0.4 is 15.4 Å². The molecule has 0 aliphatic heterocycles. The Morgan fingerprint density at radius 1 is 1.08 bits per heavy atom. The molecule has 0 bridgehead atoms. The van der Waals surface area contributed by atoms with Crippen molar-refractivity contribution in [2.45, 2.75) is 37.3 Å². The van der Waals surface area contributed by atoms with E-state index < -0.39 is 0 Å². The number of rotatable bonds is 8. The van der Waals surface area contributed by atoms with Crippen molar-refractivity contribution in [3.05, 3.63) is 48.5 Å². The molecule has 0 aliphatic carbocycles. The summed E-state index contributed by atoms with van der Waals surface area (Å²) in [6, 6.07) is 14.9. The maximum Gasteiger partial charge on any atom is 0.237 e. The smallest absolute Gasteiger partial charge is 0.237 e. The number of amides is 2. The second-order valence-corrected chi connectivity index (χ2v) is 6.92. The Morgan fingerprint density at radius 3 is 2.54 bits per heavy atom. The normalized spacial score (nSPS) is 11.5. The van der Waals surface area contributed by atoms with Crippen LogP contribution in [-0.2, 0) is 9.59 Å². The van der Waals surface area contributed by atoms with E-state index in [1.54, 1.807) is 0 Å². The maximum absolute atomic E-state index is 12.7. The number of carbonyl (C=O) groups is 2. The summed E-state index contributed by atoms with van der Waals surface area (Å²) in [5, 5.41) is 5.46. The van der Waals surface area contributed by atoms with Crippen LogP contribution in [0.5, 0.6) is 5.75 Å². The first-order chi connectivity index (χ1) is 12.5. The summed E-state index contributed by atoms with van der Waals surface area (Å²) in [4.78, 5) is 24.8. The van der Waals surface area contributed by atoms with E-state index in [9.17, 15) is 9.59 Å². The third kappa shape index (κ3) is 5.81. The van der Waals surface area contributed by atoms with Crippen molar-refractivity contribution in [3.8, 4) is 5.75 Å². The zero-order chi connectivity index (χ0) is 18.9. The Hall–Kier alpha value is -2.47. The van der Waals surface area contributed by atoms with E-state index in [4.69, 9.17) is 4.74 Å². The van der Waals surface area contributed by atoms with Crippen LogP contribution in [0.4, 0.5) is 11.4 Å². The van der Waals surface area contributed by atoms with Crippen molar-refractivity contribution in [1.29, 1.82) is 0 Å². The average molecular weight is 372 g/mol. The second kappa shape index (κ2) is 9.87. The van der Waals surface area contributed by atoms with Crippen LogP contribution in [0, 0.1) is 0 Å². The molecular weight excluding hydrogens is 348 g/mol.